The third-order valence-electron chi connectivity index (χ3n) is 2.86. The van der Waals surface area contributed by atoms with Crippen molar-refractivity contribution in [2.45, 2.75) is 51.8 Å². The minimum absolute atomic E-state index is 0.258. The molecule has 1 aliphatic heterocycles. The fourth-order valence-corrected chi connectivity index (χ4v) is 2.08. The van der Waals surface area contributed by atoms with E-state index in [1.54, 1.807) is 0 Å². The molecule has 0 aromatic rings. The average molecular weight is 257 g/mol. The van der Waals surface area contributed by atoms with E-state index in [9.17, 15) is 4.79 Å². The molecule has 0 aromatic carbocycles. The predicted molar refractivity (Wildman–Crippen MR) is 72.7 cm³/mol. The number of hydrogen-bond donors (Lipinski definition) is 2. The van der Waals surface area contributed by atoms with Gasteiger partial charge >= 0.3 is 6.09 Å². The standard InChI is InChI=1S/C13H27N3O2/c1-10(15-11-6-7-16(5)9-11)8-14-12(17)18-13(2,3)4/h10-11,15H,6-9H2,1-5H3,(H,14,17). The number of nitrogens with one attached hydrogen (secondary N) is 2. The molecule has 0 aromatic heterocycles. The number of nitrogens with zero attached hydrogens (tertiary/aromatic N) is 1. The van der Waals surface area contributed by atoms with Gasteiger partial charge in [0.15, 0.2) is 0 Å². The van der Waals surface area contributed by atoms with Crippen LogP contribution in [0.15, 0.2) is 0 Å². The molecule has 106 valence electrons. The van der Waals surface area contributed by atoms with Gasteiger partial charge in [-0.2, -0.15) is 0 Å². The Morgan fingerprint density at radius 2 is 2.17 bits per heavy atom. The normalized spacial score (nSPS) is 22.8. The van der Waals surface area contributed by atoms with Crippen molar-refractivity contribution in [2.24, 2.45) is 0 Å². The first kappa shape index (κ1) is 15.2. The van der Waals surface area contributed by atoms with E-state index >= 15 is 0 Å². The lowest BCUT2D eigenvalue weighted by Gasteiger charge is -2.22. The van der Waals surface area contributed by atoms with E-state index in [1.807, 2.05) is 20.8 Å². The van der Waals surface area contributed by atoms with E-state index in [2.05, 4.69) is 29.5 Å². The SMILES string of the molecule is CC(CNC(=O)OC(C)(C)C)NC1CCN(C)C1. The van der Waals surface area contributed by atoms with Crippen molar-refractivity contribution in [3.63, 3.8) is 0 Å². The fraction of sp³-hybridized carbons (Fsp3) is 0.923. The molecular formula is C13H27N3O2. The van der Waals surface area contributed by atoms with Crippen molar-refractivity contribution >= 4 is 6.09 Å². The third-order valence-corrected chi connectivity index (χ3v) is 2.86. The van der Waals surface area contributed by atoms with Crippen LogP contribution in [0.5, 0.6) is 0 Å². The lowest BCUT2D eigenvalue weighted by Crippen LogP contribution is -2.45. The summed E-state index contributed by atoms with van der Waals surface area (Å²) in [6, 6.07) is 0.791. The first-order valence-electron chi connectivity index (χ1n) is 6.68. The molecule has 0 radical (unpaired) electrons. The van der Waals surface area contributed by atoms with Crippen molar-refractivity contribution in [1.29, 1.82) is 0 Å². The van der Waals surface area contributed by atoms with Crippen LogP contribution in [0.4, 0.5) is 4.79 Å². The molecule has 2 N–H and O–H groups in total. The van der Waals surface area contributed by atoms with Gasteiger partial charge in [-0.15, -0.1) is 0 Å². The van der Waals surface area contributed by atoms with Gasteiger partial charge in [0.1, 0.15) is 5.60 Å². The summed E-state index contributed by atoms with van der Waals surface area (Å²) in [5.74, 6) is 0. The van der Waals surface area contributed by atoms with Crippen molar-refractivity contribution < 1.29 is 9.53 Å². The van der Waals surface area contributed by atoms with Crippen LogP contribution in [-0.4, -0.2) is 55.4 Å². The quantitative estimate of drug-likeness (QED) is 0.794. The van der Waals surface area contributed by atoms with E-state index in [4.69, 9.17) is 4.74 Å². The summed E-state index contributed by atoms with van der Waals surface area (Å²) in [5.41, 5.74) is -0.436. The fourth-order valence-electron chi connectivity index (χ4n) is 2.08. The van der Waals surface area contributed by atoms with Gasteiger partial charge in [0.2, 0.25) is 0 Å². The summed E-state index contributed by atoms with van der Waals surface area (Å²) in [4.78, 5) is 13.8. The number of hydrogen-bond acceptors (Lipinski definition) is 4. The zero-order valence-corrected chi connectivity index (χ0v) is 12.2. The highest BCUT2D eigenvalue weighted by molar-refractivity contribution is 5.67. The Kier molecular flexibility index (Phi) is 5.41. The van der Waals surface area contributed by atoms with Gasteiger partial charge < -0.3 is 20.3 Å². The summed E-state index contributed by atoms with van der Waals surface area (Å²) in [6.45, 7) is 10.5. The molecule has 1 heterocycles. The summed E-state index contributed by atoms with van der Waals surface area (Å²) in [5, 5.41) is 6.30. The Morgan fingerprint density at radius 3 is 2.67 bits per heavy atom. The maximum atomic E-state index is 11.5. The van der Waals surface area contributed by atoms with Crippen LogP contribution >= 0.6 is 0 Å². The first-order chi connectivity index (χ1) is 8.26. The van der Waals surface area contributed by atoms with Crippen LogP contribution in [0.2, 0.25) is 0 Å². The van der Waals surface area contributed by atoms with Crippen LogP contribution in [0.1, 0.15) is 34.1 Å². The number of carbonyl (C=O) groups excluding carboxylic acids is 1. The Bertz CT molecular complexity index is 276. The number of rotatable bonds is 4. The number of likely N-dealkylation sites (N-methyl/N-ethyl adjacent to an activating group) is 1. The minimum atomic E-state index is -0.436. The molecule has 5 nitrogen and oxygen atoms in total. The second kappa shape index (κ2) is 6.38. The second-order valence-electron chi connectivity index (χ2n) is 6.20. The highest BCUT2D eigenvalue weighted by atomic mass is 16.6. The maximum Gasteiger partial charge on any atom is 0.407 e. The molecular weight excluding hydrogens is 230 g/mol. The number of carbonyl (C=O) groups is 1. The highest BCUT2D eigenvalue weighted by Gasteiger charge is 2.21. The number of likely N-dealkylation sites (tertiary alicyclic amines) is 1. The third kappa shape index (κ3) is 6.21. The van der Waals surface area contributed by atoms with Gasteiger partial charge in [-0.3, -0.25) is 0 Å². The molecule has 0 aliphatic carbocycles. The van der Waals surface area contributed by atoms with Gasteiger partial charge in [-0.1, -0.05) is 0 Å². The number of amides is 1. The molecule has 0 saturated carbocycles. The predicted octanol–water partition coefficient (Wildman–Crippen LogP) is 1.19. The topological polar surface area (TPSA) is 53.6 Å². The molecule has 2 atom stereocenters. The van der Waals surface area contributed by atoms with Crippen LogP contribution in [0, 0.1) is 0 Å². The zero-order chi connectivity index (χ0) is 13.8. The largest absolute Gasteiger partial charge is 0.444 e. The molecule has 0 spiro atoms. The van der Waals surface area contributed by atoms with Crippen LogP contribution in [0.3, 0.4) is 0 Å². The van der Waals surface area contributed by atoms with Crippen molar-refractivity contribution in [2.75, 3.05) is 26.7 Å². The lowest BCUT2D eigenvalue weighted by atomic mass is 10.2. The Balaban J connectivity index is 2.17. The van der Waals surface area contributed by atoms with Crippen LogP contribution < -0.4 is 10.6 Å². The first-order valence-corrected chi connectivity index (χ1v) is 6.68. The van der Waals surface area contributed by atoms with E-state index in [1.165, 1.54) is 6.42 Å². The molecule has 18 heavy (non-hydrogen) atoms. The maximum absolute atomic E-state index is 11.5. The number of ether oxygens (including phenoxy) is 1. The molecule has 1 saturated heterocycles. The van der Waals surface area contributed by atoms with E-state index < -0.39 is 5.60 Å². The zero-order valence-electron chi connectivity index (χ0n) is 12.2. The smallest absolute Gasteiger partial charge is 0.407 e. The Hall–Kier alpha value is -0.810. The molecule has 0 bridgehead atoms. The Labute approximate surface area is 110 Å². The van der Waals surface area contributed by atoms with Gasteiger partial charge in [-0.25, -0.2) is 4.79 Å². The molecule has 5 heteroatoms. The van der Waals surface area contributed by atoms with E-state index in [0.29, 0.717) is 12.6 Å². The number of alkyl carbamates (subject to hydrolysis) is 1. The lowest BCUT2D eigenvalue weighted by molar-refractivity contribution is 0.0522. The molecule has 1 amide bonds. The second-order valence-corrected chi connectivity index (χ2v) is 6.20. The molecule has 1 rings (SSSR count). The van der Waals surface area contributed by atoms with Crippen molar-refractivity contribution in [3.05, 3.63) is 0 Å². The summed E-state index contributed by atoms with van der Waals surface area (Å²) in [7, 11) is 2.13. The highest BCUT2D eigenvalue weighted by Crippen LogP contribution is 2.07. The van der Waals surface area contributed by atoms with Gasteiger partial charge in [0.25, 0.3) is 0 Å². The molecule has 1 fully saturated rings. The van der Waals surface area contributed by atoms with Crippen LogP contribution in [-0.2, 0) is 4.74 Å². The van der Waals surface area contributed by atoms with E-state index in [-0.39, 0.29) is 12.1 Å². The van der Waals surface area contributed by atoms with Gasteiger partial charge in [-0.05, 0) is 47.7 Å². The van der Waals surface area contributed by atoms with E-state index in [0.717, 1.165) is 13.1 Å². The molecule has 1 aliphatic rings. The van der Waals surface area contributed by atoms with Crippen LogP contribution in [0.25, 0.3) is 0 Å². The summed E-state index contributed by atoms with van der Waals surface area (Å²) in [6.07, 6.45) is 0.826. The van der Waals surface area contributed by atoms with Gasteiger partial charge in [0, 0.05) is 25.2 Å². The Morgan fingerprint density at radius 1 is 1.50 bits per heavy atom. The monoisotopic (exact) mass is 257 g/mol. The summed E-state index contributed by atoms with van der Waals surface area (Å²) < 4.78 is 5.19. The van der Waals surface area contributed by atoms with Crippen molar-refractivity contribution in [3.8, 4) is 0 Å². The van der Waals surface area contributed by atoms with Gasteiger partial charge in [0.05, 0.1) is 0 Å². The average Bonchev–Trinajstić information content (AvgIpc) is 2.58. The van der Waals surface area contributed by atoms with Crippen molar-refractivity contribution in [1.82, 2.24) is 15.5 Å². The summed E-state index contributed by atoms with van der Waals surface area (Å²) >= 11 is 0. The minimum Gasteiger partial charge on any atom is -0.444 e. The molecule has 2 unspecified atom stereocenters.